The largest absolute Gasteiger partial charge is 0.336 e. The minimum Gasteiger partial charge on any atom is -0.336 e. The fourth-order valence-corrected chi connectivity index (χ4v) is 3.80. The Hall–Kier alpha value is -1.84. The topological polar surface area (TPSA) is 40.6 Å². The van der Waals surface area contributed by atoms with Crippen LogP contribution in [0.3, 0.4) is 0 Å². The third kappa shape index (κ3) is 6.08. The lowest BCUT2D eigenvalue weighted by Gasteiger charge is -2.32. The molecular formula is C23H36N2O2. The highest BCUT2D eigenvalue weighted by molar-refractivity contribution is 5.86. The average molecular weight is 373 g/mol. The van der Waals surface area contributed by atoms with Crippen molar-refractivity contribution >= 4 is 11.8 Å². The SMILES string of the molecule is CCCCC(CC)C(=O)N(CCCC)CC(=O)N1CCc2ccccc2C1. The summed E-state index contributed by atoms with van der Waals surface area (Å²) in [7, 11) is 0. The van der Waals surface area contributed by atoms with Gasteiger partial charge in [-0.25, -0.2) is 0 Å². The van der Waals surface area contributed by atoms with E-state index in [0.29, 0.717) is 13.1 Å². The summed E-state index contributed by atoms with van der Waals surface area (Å²) in [5.74, 6) is 0.307. The number of benzene rings is 1. The summed E-state index contributed by atoms with van der Waals surface area (Å²) in [6.07, 6.45) is 6.84. The van der Waals surface area contributed by atoms with Gasteiger partial charge in [-0.3, -0.25) is 9.59 Å². The van der Waals surface area contributed by atoms with E-state index in [1.54, 1.807) is 0 Å². The molecule has 0 N–H and O–H groups in total. The van der Waals surface area contributed by atoms with Crippen LogP contribution in [0.1, 0.15) is 70.4 Å². The van der Waals surface area contributed by atoms with Crippen molar-refractivity contribution in [2.45, 2.75) is 72.3 Å². The second-order valence-electron chi connectivity index (χ2n) is 7.69. The lowest BCUT2D eigenvalue weighted by atomic mass is 9.97. The van der Waals surface area contributed by atoms with Gasteiger partial charge in [0.25, 0.3) is 0 Å². The molecule has 1 aromatic carbocycles. The molecule has 2 amide bonds. The fourth-order valence-electron chi connectivity index (χ4n) is 3.80. The van der Waals surface area contributed by atoms with Crippen LogP contribution < -0.4 is 0 Å². The maximum Gasteiger partial charge on any atom is 0.242 e. The summed E-state index contributed by atoms with van der Waals surface area (Å²) in [6.45, 7) is 8.69. The molecule has 2 rings (SSSR count). The van der Waals surface area contributed by atoms with Gasteiger partial charge in [0.2, 0.25) is 11.8 Å². The highest BCUT2D eigenvalue weighted by atomic mass is 16.2. The van der Waals surface area contributed by atoms with Crippen molar-refractivity contribution in [3.8, 4) is 0 Å². The van der Waals surface area contributed by atoms with Crippen molar-refractivity contribution in [1.29, 1.82) is 0 Å². The number of carbonyl (C=O) groups excluding carboxylic acids is 2. The Balaban J connectivity index is 2.02. The normalized spacial score (nSPS) is 14.6. The second-order valence-corrected chi connectivity index (χ2v) is 7.69. The third-order valence-corrected chi connectivity index (χ3v) is 5.65. The van der Waals surface area contributed by atoms with Gasteiger partial charge in [-0.05, 0) is 36.8 Å². The van der Waals surface area contributed by atoms with Gasteiger partial charge in [-0.2, -0.15) is 0 Å². The van der Waals surface area contributed by atoms with E-state index >= 15 is 0 Å². The van der Waals surface area contributed by atoms with Gasteiger partial charge < -0.3 is 9.80 Å². The first-order valence-electron chi connectivity index (χ1n) is 10.7. The number of nitrogens with zero attached hydrogens (tertiary/aromatic N) is 2. The first kappa shape index (κ1) is 21.5. The van der Waals surface area contributed by atoms with Crippen LogP contribution in [0, 0.1) is 5.92 Å². The van der Waals surface area contributed by atoms with E-state index in [1.165, 1.54) is 11.1 Å². The standard InChI is InChI=1S/C23H36N2O2/c1-4-7-11-19(6-3)23(27)25(15-8-5-2)18-22(26)24-16-14-20-12-9-10-13-21(20)17-24/h9-10,12-13,19H,4-8,11,14-18H2,1-3H3. The van der Waals surface area contributed by atoms with Crippen molar-refractivity contribution in [3.63, 3.8) is 0 Å². The summed E-state index contributed by atoms with van der Waals surface area (Å²) in [5, 5.41) is 0. The predicted octanol–water partition coefficient (Wildman–Crippen LogP) is 4.42. The van der Waals surface area contributed by atoms with Crippen LogP contribution >= 0.6 is 0 Å². The van der Waals surface area contributed by atoms with Gasteiger partial charge in [0, 0.05) is 25.6 Å². The summed E-state index contributed by atoms with van der Waals surface area (Å²) in [5.41, 5.74) is 2.57. The Morgan fingerprint density at radius 3 is 2.44 bits per heavy atom. The van der Waals surface area contributed by atoms with E-state index in [1.807, 2.05) is 15.9 Å². The van der Waals surface area contributed by atoms with Crippen LogP contribution in [0.15, 0.2) is 24.3 Å². The Morgan fingerprint density at radius 1 is 1.07 bits per heavy atom. The molecule has 4 nitrogen and oxygen atoms in total. The molecule has 27 heavy (non-hydrogen) atoms. The molecule has 0 fully saturated rings. The Kier molecular flexibility index (Phi) is 8.83. The summed E-state index contributed by atoms with van der Waals surface area (Å²) in [4.78, 5) is 29.7. The summed E-state index contributed by atoms with van der Waals surface area (Å²) >= 11 is 0. The van der Waals surface area contributed by atoms with E-state index in [0.717, 1.165) is 51.5 Å². The van der Waals surface area contributed by atoms with Gasteiger partial charge in [0.05, 0.1) is 6.54 Å². The number of amides is 2. The van der Waals surface area contributed by atoms with Gasteiger partial charge in [-0.1, -0.05) is 64.3 Å². The Labute approximate surface area is 164 Å². The van der Waals surface area contributed by atoms with E-state index in [4.69, 9.17) is 0 Å². The summed E-state index contributed by atoms with van der Waals surface area (Å²) in [6, 6.07) is 8.34. The molecule has 150 valence electrons. The maximum absolute atomic E-state index is 13.1. The summed E-state index contributed by atoms with van der Waals surface area (Å²) < 4.78 is 0. The number of unbranched alkanes of at least 4 members (excludes halogenated alkanes) is 2. The zero-order chi connectivity index (χ0) is 19.6. The quantitative estimate of drug-likeness (QED) is 0.610. The van der Waals surface area contributed by atoms with Gasteiger partial charge in [0.1, 0.15) is 0 Å². The molecule has 1 heterocycles. The van der Waals surface area contributed by atoms with Crippen LogP contribution in [0.2, 0.25) is 0 Å². The Morgan fingerprint density at radius 2 is 1.78 bits per heavy atom. The first-order valence-corrected chi connectivity index (χ1v) is 10.7. The minimum absolute atomic E-state index is 0.0525. The highest BCUT2D eigenvalue weighted by Crippen LogP contribution is 2.20. The molecule has 0 bridgehead atoms. The number of hydrogen-bond acceptors (Lipinski definition) is 2. The molecule has 0 saturated heterocycles. The molecule has 4 heteroatoms. The zero-order valence-electron chi connectivity index (χ0n) is 17.4. The maximum atomic E-state index is 13.1. The first-order chi connectivity index (χ1) is 13.1. The third-order valence-electron chi connectivity index (χ3n) is 5.65. The molecule has 0 aliphatic carbocycles. The number of carbonyl (C=O) groups is 2. The lowest BCUT2D eigenvalue weighted by molar-refractivity contribution is -0.143. The van der Waals surface area contributed by atoms with Crippen molar-refractivity contribution in [2.75, 3.05) is 19.6 Å². The van der Waals surface area contributed by atoms with Crippen molar-refractivity contribution in [1.82, 2.24) is 9.80 Å². The van der Waals surface area contributed by atoms with Gasteiger partial charge in [0.15, 0.2) is 0 Å². The molecule has 1 aliphatic heterocycles. The molecule has 1 atom stereocenters. The number of fused-ring (bicyclic) bond motifs is 1. The monoisotopic (exact) mass is 372 g/mol. The molecule has 0 radical (unpaired) electrons. The van der Waals surface area contributed by atoms with Crippen LogP contribution in [-0.4, -0.2) is 41.2 Å². The molecular weight excluding hydrogens is 336 g/mol. The van der Waals surface area contributed by atoms with Crippen molar-refractivity contribution in [2.24, 2.45) is 5.92 Å². The highest BCUT2D eigenvalue weighted by Gasteiger charge is 2.27. The fraction of sp³-hybridized carbons (Fsp3) is 0.652. The van der Waals surface area contributed by atoms with Crippen LogP contribution in [0.25, 0.3) is 0 Å². The number of hydrogen-bond donors (Lipinski definition) is 0. The smallest absolute Gasteiger partial charge is 0.242 e. The van der Waals surface area contributed by atoms with E-state index in [9.17, 15) is 9.59 Å². The van der Waals surface area contributed by atoms with Crippen LogP contribution in [-0.2, 0) is 22.6 Å². The number of rotatable bonds is 10. The lowest BCUT2D eigenvalue weighted by Crippen LogP contribution is -2.46. The Bertz CT molecular complexity index is 614. The zero-order valence-corrected chi connectivity index (χ0v) is 17.4. The molecule has 0 aromatic heterocycles. The average Bonchev–Trinajstić information content (AvgIpc) is 2.70. The molecule has 1 aromatic rings. The second kappa shape index (κ2) is 11.1. The predicted molar refractivity (Wildman–Crippen MR) is 110 cm³/mol. The van der Waals surface area contributed by atoms with Crippen LogP contribution in [0.5, 0.6) is 0 Å². The molecule has 1 unspecified atom stereocenters. The molecule has 0 saturated carbocycles. The minimum atomic E-state index is 0.0525. The van der Waals surface area contributed by atoms with Crippen LogP contribution in [0.4, 0.5) is 0 Å². The van der Waals surface area contributed by atoms with Crippen molar-refractivity contribution < 1.29 is 9.59 Å². The molecule has 0 spiro atoms. The van der Waals surface area contributed by atoms with E-state index in [2.05, 4.69) is 39.0 Å². The van der Waals surface area contributed by atoms with Gasteiger partial charge in [-0.15, -0.1) is 0 Å². The van der Waals surface area contributed by atoms with Gasteiger partial charge >= 0.3 is 0 Å². The van der Waals surface area contributed by atoms with E-state index < -0.39 is 0 Å². The molecule has 1 aliphatic rings. The van der Waals surface area contributed by atoms with Crippen molar-refractivity contribution in [3.05, 3.63) is 35.4 Å². The van der Waals surface area contributed by atoms with E-state index in [-0.39, 0.29) is 24.3 Å².